The molecule has 1 heterocycles. The maximum Gasteiger partial charge on any atom is 0.237 e. The smallest absolute Gasteiger partial charge is 0.237 e. The van der Waals surface area contributed by atoms with E-state index in [1.807, 2.05) is 0 Å². The van der Waals surface area contributed by atoms with E-state index in [2.05, 4.69) is 6.58 Å². The summed E-state index contributed by atoms with van der Waals surface area (Å²) in [5.74, 6) is 0.0439. The second kappa shape index (κ2) is 2.38. The van der Waals surface area contributed by atoms with Crippen molar-refractivity contribution in [2.24, 2.45) is 0 Å². The minimum absolute atomic E-state index is 0.0496. The lowest BCUT2D eigenvalue weighted by Gasteiger charge is -2.31. The molecule has 0 spiro atoms. The zero-order valence-corrected chi connectivity index (χ0v) is 6.63. The molecular formula is C7H10N2O2. The molecule has 11 heavy (non-hydrogen) atoms. The molecule has 0 aromatic heterocycles. The van der Waals surface area contributed by atoms with Crippen LogP contribution >= 0.6 is 0 Å². The standard InChI is InChI=1S/C7H10N2O2/c1-5-8(2)6(10)4-7(11)9(5)3/h1,4H2,2-3H3. The Morgan fingerprint density at radius 2 is 1.55 bits per heavy atom. The number of rotatable bonds is 0. The first-order valence-electron chi connectivity index (χ1n) is 3.26. The fraction of sp³-hybridized carbons (Fsp3) is 0.429. The first-order chi connectivity index (χ1) is 5.04. The average molecular weight is 154 g/mol. The number of amides is 2. The van der Waals surface area contributed by atoms with E-state index < -0.39 is 0 Å². The lowest BCUT2D eigenvalue weighted by atomic mass is 10.2. The van der Waals surface area contributed by atoms with Crippen molar-refractivity contribution in [2.75, 3.05) is 14.1 Å². The van der Waals surface area contributed by atoms with Gasteiger partial charge in [0.1, 0.15) is 12.2 Å². The molecule has 1 aliphatic heterocycles. The van der Waals surface area contributed by atoms with Gasteiger partial charge in [0.25, 0.3) is 0 Å². The summed E-state index contributed by atoms with van der Waals surface area (Å²) in [5.41, 5.74) is 0. The Labute approximate surface area is 65.1 Å². The van der Waals surface area contributed by atoms with E-state index in [9.17, 15) is 9.59 Å². The van der Waals surface area contributed by atoms with Crippen LogP contribution in [0, 0.1) is 0 Å². The molecule has 0 unspecified atom stereocenters. The third-order valence-corrected chi connectivity index (χ3v) is 1.82. The average Bonchev–Trinajstić information content (AvgIpc) is 1.97. The van der Waals surface area contributed by atoms with Gasteiger partial charge in [-0.1, -0.05) is 6.58 Å². The summed E-state index contributed by atoms with van der Waals surface area (Å²) in [7, 11) is 3.21. The molecule has 60 valence electrons. The summed E-state index contributed by atoms with van der Waals surface area (Å²) in [4.78, 5) is 24.7. The second-order valence-electron chi connectivity index (χ2n) is 2.50. The molecule has 0 saturated carbocycles. The van der Waals surface area contributed by atoms with Crippen molar-refractivity contribution in [1.82, 2.24) is 9.80 Å². The molecule has 4 heteroatoms. The van der Waals surface area contributed by atoms with Crippen LogP contribution in [0.1, 0.15) is 6.42 Å². The Bertz CT molecular complexity index is 213. The van der Waals surface area contributed by atoms with Crippen LogP contribution in [0.3, 0.4) is 0 Å². The summed E-state index contributed by atoms with van der Waals surface area (Å²) < 4.78 is 0. The van der Waals surface area contributed by atoms with Crippen molar-refractivity contribution in [3.8, 4) is 0 Å². The molecule has 0 atom stereocenters. The van der Waals surface area contributed by atoms with E-state index in [1.54, 1.807) is 14.1 Å². The minimum Gasteiger partial charge on any atom is -0.301 e. The highest BCUT2D eigenvalue weighted by molar-refractivity contribution is 6.00. The maximum absolute atomic E-state index is 11.0. The normalized spacial score (nSPS) is 19.6. The van der Waals surface area contributed by atoms with E-state index in [1.165, 1.54) is 9.80 Å². The van der Waals surface area contributed by atoms with Crippen LogP contribution in [0.4, 0.5) is 0 Å². The molecule has 1 aliphatic rings. The van der Waals surface area contributed by atoms with Gasteiger partial charge < -0.3 is 9.80 Å². The lowest BCUT2D eigenvalue weighted by Crippen LogP contribution is -2.44. The highest BCUT2D eigenvalue weighted by Gasteiger charge is 2.27. The van der Waals surface area contributed by atoms with Gasteiger partial charge in [-0.3, -0.25) is 9.59 Å². The zero-order valence-electron chi connectivity index (χ0n) is 6.63. The van der Waals surface area contributed by atoms with Gasteiger partial charge in [0.05, 0.1) is 0 Å². The number of nitrogens with zero attached hydrogens (tertiary/aromatic N) is 2. The molecule has 1 fully saturated rings. The molecule has 0 aliphatic carbocycles. The molecule has 0 bridgehead atoms. The Kier molecular flexibility index (Phi) is 1.68. The third-order valence-electron chi connectivity index (χ3n) is 1.82. The van der Waals surface area contributed by atoms with Crippen molar-refractivity contribution in [3.63, 3.8) is 0 Å². The first-order valence-corrected chi connectivity index (χ1v) is 3.26. The summed E-state index contributed by atoms with van der Waals surface area (Å²) in [6.07, 6.45) is -0.0496. The SMILES string of the molecule is C=C1N(C)C(=O)CC(=O)N1C. The molecule has 1 saturated heterocycles. The number of carbonyl (C=O) groups is 2. The molecule has 0 aromatic rings. The molecular weight excluding hydrogens is 144 g/mol. The van der Waals surface area contributed by atoms with Crippen LogP contribution in [-0.2, 0) is 9.59 Å². The van der Waals surface area contributed by atoms with Gasteiger partial charge in [-0.25, -0.2) is 0 Å². The Hall–Kier alpha value is -1.32. The number of hydrogen-bond donors (Lipinski definition) is 0. The van der Waals surface area contributed by atoms with Gasteiger partial charge in [-0.05, 0) is 0 Å². The highest BCUT2D eigenvalue weighted by Crippen LogP contribution is 2.13. The van der Waals surface area contributed by atoms with Gasteiger partial charge >= 0.3 is 0 Å². The minimum atomic E-state index is -0.196. The van der Waals surface area contributed by atoms with E-state index in [-0.39, 0.29) is 18.2 Å². The second-order valence-corrected chi connectivity index (χ2v) is 2.50. The summed E-state index contributed by atoms with van der Waals surface area (Å²) in [5, 5.41) is 0. The Morgan fingerprint density at radius 1 is 1.18 bits per heavy atom. The Morgan fingerprint density at radius 3 is 1.91 bits per heavy atom. The topological polar surface area (TPSA) is 40.6 Å². The van der Waals surface area contributed by atoms with Crippen molar-refractivity contribution < 1.29 is 9.59 Å². The lowest BCUT2D eigenvalue weighted by molar-refractivity contribution is -0.143. The van der Waals surface area contributed by atoms with E-state index in [0.717, 1.165) is 0 Å². The maximum atomic E-state index is 11.0. The van der Waals surface area contributed by atoms with Crippen LogP contribution in [0.25, 0.3) is 0 Å². The van der Waals surface area contributed by atoms with Gasteiger partial charge in [0, 0.05) is 14.1 Å². The molecule has 4 nitrogen and oxygen atoms in total. The van der Waals surface area contributed by atoms with Gasteiger partial charge in [0.15, 0.2) is 0 Å². The van der Waals surface area contributed by atoms with Crippen molar-refractivity contribution in [2.45, 2.75) is 6.42 Å². The monoisotopic (exact) mass is 154 g/mol. The van der Waals surface area contributed by atoms with E-state index in [4.69, 9.17) is 0 Å². The van der Waals surface area contributed by atoms with Gasteiger partial charge in [-0.2, -0.15) is 0 Å². The zero-order chi connectivity index (χ0) is 8.59. The Balaban J connectivity index is 2.87. The number of carbonyl (C=O) groups excluding carboxylic acids is 2. The molecule has 0 N–H and O–H groups in total. The van der Waals surface area contributed by atoms with Gasteiger partial charge in [0.2, 0.25) is 11.8 Å². The molecule has 0 aromatic carbocycles. The van der Waals surface area contributed by atoms with Crippen LogP contribution in [-0.4, -0.2) is 35.7 Å². The molecule has 1 rings (SSSR count). The van der Waals surface area contributed by atoms with Crippen molar-refractivity contribution in [1.29, 1.82) is 0 Å². The van der Waals surface area contributed by atoms with E-state index >= 15 is 0 Å². The van der Waals surface area contributed by atoms with Crippen molar-refractivity contribution in [3.05, 3.63) is 12.4 Å². The fourth-order valence-electron chi connectivity index (χ4n) is 0.879. The fourth-order valence-corrected chi connectivity index (χ4v) is 0.879. The predicted molar refractivity (Wildman–Crippen MR) is 39.3 cm³/mol. The molecule has 2 amide bonds. The summed E-state index contributed by atoms with van der Waals surface area (Å²) >= 11 is 0. The molecule has 0 radical (unpaired) electrons. The summed E-state index contributed by atoms with van der Waals surface area (Å²) in [6, 6.07) is 0. The highest BCUT2D eigenvalue weighted by atomic mass is 16.2. The van der Waals surface area contributed by atoms with Crippen LogP contribution in [0.5, 0.6) is 0 Å². The largest absolute Gasteiger partial charge is 0.301 e. The predicted octanol–water partition coefficient (Wildman–Crippen LogP) is -0.222. The van der Waals surface area contributed by atoms with Crippen molar-refractivity contribution >= 4 is 11.8 Å². The third kappa shape index (κ3) is 1.11. The van der Waals surface area contributed by atoms with Crippen LogP contribution in [0.2, 0.25) is 0 Å². The van der Waals surface area contributed by atoms with Crippen LogP contribution in [0.15, 0.2) is 12.4 Å². The van der Waals surface area contributed by atoms with Crippen LogP contribution < -0.4 is 0 Å². The van der Waals surface area contributed by atoms with E-state index in [0.29, 0.717) is 5.82 Å². The number of hydrogen-bond acceptors (Lipinski definition) is 2. The summed E-state index contributed by atoms with van der Waals surface area (Å²) in [6.45, 7) is 3.59. The quantitative estimate of drug-likeness (QED) is 0.452. The van der Waals surface area contributed by atoms with Gasteiger partial charge in [-0.15, -0.1) is 0 Å². The first kappa shape index (κ1) is 7.78.